The highest BCUT2D eigenvalue weighted by atomic mass is 19.1. The molecule has 1 aromatic rings. The van der Waals surface area contributed by atoms with Crippen molar-refractivity contribution in [2.24, 2.45) is 0 Å². The van der Waals surface area contributed by atoms with Crippen LogP contribution in [0.3, 0.4) is 0 Å². The number of anilines is 1. The smallest absolute Gasteiger partial charge is 0.332 e. The van der Waals surface area contributed by atoms with E-state index in [0.717, 1.165) is 0 Å². The molecule has 0 aliphatic carbocycles. The zero-order valence-corrected chi connectivity index (χ0v) is 8.38. The van der Waals surface area contributed by atoms with Crippen molar-refractivity contribution in [2.45, 2.75) is 6.92 Å². The third-order valence-corrected chi connectivity index (χ3v) is 1.98. The first kappa shape index (κ1) is 11.2. The van der Waals surface area contributed by atoms with Crippen molar-refractivity contribution < 1.29 is 14.3 Å². The predicted octanol–water partition coefficient (Wildman–Crippen LogP) is 2.19. The van der Waals surface area contributed by atoms with Gasteiger partial charge in [-0.05, 0) is 24.6 Å². The lowest BCUT2D eigenvalue weighted by atomic mass is 10.2. The maximum atomic E-state index is 13.1. The highest BCUT2D eigenvalue weighted by Gasteiger charge is 2.04. The summed E-state index contributed by atoms with van der Waals surface area (Å²) in [5.74, 6) is -1.38. The molecule has 0 aliphatic heterocycles. The molecule has 0 aromatic heterocycles. The van der Waals surface area contributed by atoms with E-state index >= 15 is 0 Å². The Morgan fingerprint density at radius 3 is 2.80 bits per heavy atom. The molecule has 0 atom stereocenters. The van der Waals surface area contributed by atoms with Crippen LogP contribution in [0.15, 0.2) is 30.4 Å². The molecule has 0 amide bonds. The Balaban J connectivity index is 2.62. The quantitative estimate of drug-likeness (QED) is 0.747. The summed E-state index contributed by atoms with van der Waals surface area (Å²) >= 11 is 0. The van der Waals surface area contributed by atoms with Crippen LogP contribution in [0.1, 0.15) is 5.56 Å². The van der Waals surface area contributed by atoms with E-state index < -0.39 is 5.97 Å². The zero-order valence-electron chi connectivity index (χ0n) is 8.38. The van der Waals surface area contributed by atoms with Crippen LogP contribution in [-0.2, 0) is 4.79 Å². The third kappa shape index (κ3) is 3.09. The summed E-state index contributed by atoms with van der Waals surface area (Å²) in [5.41, 5.74) is 1.13. The number of hydrogen-bond donors (Lipinski definition) is 2. The van der Waals surface area contributed by atoms with E-state index in [4.69, 9.17) is 5.11 Å². The standard InChI is InChI=1S/C11H12FNO2/c1-7-3-4-9(5-10(7)12)13-6-8(2)11(14)15/h3-5,13H,2,6H2,1H3,(H,14,15). The van der Waals surface area contributed by atoms with Crippen LogP contribution in [0.25, 0.3) is 0 Å². The second-order valence-corrected chi connectivity index (χ2v) is 3.23. The Hall–Kier alpha value is -1.84. The number of aryl methyl sites for hydroxylation is 1. The number of carboxylic acids is 1. The maximum absolute atomic E-state index is 13.1. The van der Waals surface area contributed by atoms with Crippen molar-refractivity contribution >= 4 is 11.7 Å². The summed E-state index contributed by atoms with van der Waals surface area (Å²) in [6.45, 7) is 5.11. The fraction of sp³-hybridized carbons (Fsp3) is 0.182. The highest BCUT2D eigenvalue weighted by molar-refractivity contribution is 5.86. The van der Waals surface area contributed by atoms with Crippen molar-refractivity contribution in [3.63, 3.8) is 0 Å². The first-order valence-electron chi connectivity index (χ1n) is 4.42. The molecular weight excluding hydrogens is 197 g/mol. The largest absolute Gasteiger partial charge is 0.478 e. The lowest BCUT2D eigenvalue weighted by Crippen LogP contribution is -2.11. The van der Waals surface area contributed by atoms with E-state index in [-0.39, 0.29) is 17.9 Å². The van der Waals surface area contributed by atoms with Gasteiger partial charge in [-0.25, -0.2) is 9.18 Å². The highest BCUT2D eigenvalue weighted by Crippen LogP contribution is 2.13. The number of nitrogens with one attached hydrogen (secondary N) is 1. The lowest BCUT2D eigenvalue weighted by molar-refractivity contribution is -0.132. The summed E-state index contributed by atoms with van der Waals surface area (Å²) in [5, 5.41) is 11.3. The summed E-state index contributed by atoms with van der Waals surface area (Å²) < 4.78 is 13.1. The lowest BCUT2D eigenvalue weighted by Gasteiger charge is -2.06. The molecule has 0 heterocycles. The average molecular weight is 209 g/mol. The molecule has 0 bridgehead atoms. The minimum Gasteiger partial charge on any atom is -0.478 e. The topological polar surface area (TPSA) is 49.3 Å². The summed E-state index contributed by atoms with van der Waals surface area (Å²) in [7, 11) is 0. The average Bonchev–Trinajstić information content (AvgIpc) is 2.19. The molecule has 0 fully saturated rings. The minimum absolute atomic E-state index is 0.0379. The van der Waals surface area contributed by atoms with Crippen LogP contribution in [-0.4, -0.2) is 17.6 Å². The van der Waals surface area contributed by atoms with Crippen molar-refractivity contribution in [1.29, 1.82) is 0 Å². The molecule has 0 spiro atoms. The monoisotopic (exact) mass is 209 g/mol. The molecule has 1 rings (SSSR count). The third-order valence-electron chi connectivity index (χ3n) is 1.98. The van der Waals surface area contributed by atoms with Gasteiger partial charge in [0.15, 0.2) is 0 Å². The zero-order chi connectivity index (χ0) is 11.4. The van der Waals surface area contributed by atoms with Crippen molar-refractivity contribution in [2.75, 3.05) is 11.9 Å². The second kappa shape index (κ2) is 4.59. The number of rotatable bonds is 4. The van der Waals surface area contributed by atoms with Gasteiger partial charge in [0.2, 0.25) is 0 Å². The van der Waals surface area contributed by atoms with Gasteiger partial charge in [0.05, 0.1) is 0 Å². The van der Waals surface area contributed by atoms with Gasteiger partial charge in [-0.3, -0.25) is 0 Å². The summed E-state index contributed by atoms with van der Waals surface area (Å²) in [6, 6.07) is 4.64. The molecule has 0 aliphatic rings. The van der Waals surface area contributed by atoms with E-state index in [1.165, 1.54) is 6.07 Å². The van der Waals surface area contributed by atoms with E-state index in [2.05, 4.69) is 11.9 Å². The number of halogens is 1. The van der Waals surface area contributed by atoms with Crippen LogP contribution >= 0.6 is 0 Å². The molecule has 0 saturated heterocycles. The van der Waals surface area contributed by atoms with Gasteiger partial charge in [0, 0.05) is 17.8 Å². The Labute approximate surface area is 87.2 Å². The molecule has 1 aromatic carbocycles. The molecule has 15 heavy (non-hydrogen) atoms. The molecule has 3 nitrogen and oxygen atoms in total. The molecule has 0 saturated carbocycles. The number of hydrogen-bond acceptors (Lipinski definition) is 2. The van der Waals surface area contributed by atoms with Crippen LogP contribution in [0.4, 0.5) is 10.1 Å². The second-order valence-electron chi connectivity index (χ2n) is 3.23. The van der Waals surface area contributed by atoms with Crippen molar-refractivity contribution in [1.82, 2.24) is 0 Å². The summed E-state index contributed by atoms with van der Waals surface area (Å²) in [6.07, 6.45) is 0. The van der Waals surface area contributed by atoms with Gasteiger partial charge in [-0.1, -0.05) is 12.6 Å². The van der Waals surface area contributed by atoms with Gasteiger partial charge in [0.1, 0.15) is 5.82 Å². The van der Waals surface area contributed by atoms with Crippen molar-refractivity contribution in [3.05, 3.63) is 41.7 Å². The van der Waals surface area contributed by atoms with Crippen LogP contribution < -0.4 is 5.32 Å². The Bertz CT molecular complexity index is 402. The number of aliphatic carboxylic acids is 1. The maximum Gasteiger partial charge on any atom is 0.332 e. The molecule has 0 radical (unpaired) electrons. The predicted molar refractivity (Wildman–Crippen MR) is 56.4 cm³/mol. The fourth-order valence-electron chi connectivity index (χ4n) is 0.987. The van der Waals surface area contributed by atoms with Crippen LogP contribution in [0.5, 0.6) is 0 Å². The van der Waals surface area contributed by atoms with Gasteiger partial charge in [-0.15, -0.1) is 0 Å². The molecule has 4 heteroatoms. The summed E-state index contributed by atoms with van der Waals surface area (Å²) in [4.78, 5) is 10.4. The van der Waals surface area contributed by atoms with E-state index in [9.17, 15) is 9.18 Å². The van der Waals surface area contributed by atoms with Crippen LogP contribution in [0, 0.1) is 12.7 Å². The molecule has 0 unspecified atom stereocenters. The SMILES string of the molecule is C=C(CNc1ccc(C)c(F)c1)C(=O)O. The van der Waals surface area contributed by atoms with E-state index in [1.807, 2.05) is 0 Å². The number of carbonyl (C=O) groups is 1. The molecular formula is C11H12FNO2. The van der Waals surface area contributed by atoms with Crippen LogP contribution in [0.2, 0.25) is 0 Å². The number of carboxylic acid groups (broad SMARTS) is 1. The first-order valence-corrected chi connectivity index (χ1v) is 4.42. The van der Waals surface area contributed by atoms with E-state index in [0.29, 0.717) is 11.3 Å². The Kier molecular flexibility index (Phi) is 3.44. The van der Waals surface area contributed by atoms with Gasteiger partial charge in [-0.2, -0.15) is 0 Å². The molecule has 80 valence electrons. The van der Waals surface area contributed by atoms with Crippen molar-refractivity contribution in [3.8, 4) is 0 Å². The van der Waals surface area contributed by atoms with Gasteiger partial charge in [0.25, 0.3) is 0 Å². The Morgan fingerprint density at radius 2 is 2.27 bits per heavy atom. The first-order chi connectivity index (χ1) is 7.00. The Morgan fingerprint density at radius 1 is 1.60 bits per heavy atom. The number of benzene rings is 1. The van der Waals surface area contributed by atoms with E-state index in [1.54, 1.807) is 19.1 Å². The van der Waals surface area contributed by atoms with Gasteiger partial charge < -0.3 is 10.4 Å². The normalized spacial score (nSPS) is 9.73. The fourth-order valence-corrected chi connectivity index (χ4v) is 0.987. The van der Waals surface area contributed by atoms with Gasteiger partial charge >= 0.3 is 5.97 Å². The molecule has 2 N–H and O–H groups in total. The minimum atomic E-state index is -1.06.